The van der Waals surface area contributed by atoms with Gasteiger partial charge in [-0.15, -0.1) is 0 Å². The number of anilines is 3. The van der Waals surface area contributed by atoms with Crippen molar-refractivity contribution in [2.24, 2.45) is 0 Å². The van der Waals surface area contributed by atoms with Gasteiger partial charge in [0.1, 0.15) is 5.75 Å². The number of benzene rings is 4. The van der Waals surface area contributed by atoms with E-state index in [1.165, 1.54) is 11.1 Å². The van der Waals surface area contributed by atoms with E-state index < -0.39 is 5.97 Å². The summed E-state index contributed by atoms with van der Waals surface area (Å²) in [5.41, 5.74) is 7.90. The van der Waals surface area contributed by atoms with Gasteiger partial charge in [-0.25, -0.2) is 4.79 Å². The second-order valence-corrected chi connectivity index (χ2v) is 7.71. The number of nitrogens with zero attached hydrogens (tertiary/aromatic N) is 1. The number of esters is 1. The van der Waals surface area contributed by atoms with Crippen LogP contribution < -0.4 is 9.64 Å². The minimum Gasteiger partial charge on any atom is -0.423 e. The molecule has 0 aliphatic carbocycles. The summed E-state index contributed by atoms with van der Waals surface area (Å²) in [6.07, 6.45) is 1.15. The first-order valence-corrected chi connectivity index (χ1v) is 10.5. The third kappa shape index (κ3) is 4.79. The Labute approximate surface area is 189 Å². The maximum atomic E-state index is 11.4. The lowest BCUT2D eigenvalue weighted by atomic mass is 10.0. The summed E-state index contributed by atoms with van der Waals surface area (Å²) in [6.45, 7) is 7.64. The third-order valence-corrected chi connectivity index (χ3v) is 5.22. The zero-order valence-electron chi connectivity index (χ0n) is 18.3. The van der Waals surface area contributed by atoms with Crippen LogP contribution >= 0.6 is 0 Å². The number of carbonyl (C=O) groups is 1. The van der Waals surface area contributed by atoms with Crippen LogP contribution in [0.2, 0.25) is 0 Å². The van der Waals surface area contributed by atoms with Crippen molar-refractivity contribution in [3.63, 3.8) is 0 Å². The topological polar surface area (TPSA) is 29.5 Å². The Balaban J connectivity index is 1.66. The first kappa shape index (κ1) is 21.1. The van der Waals surface area contributed by atoms with Gasteiger partial charge >= 0.3 is 5.97 Å². The van der Waals surface area contributed by atoms with Crippen LogP contribution in [0.1, 0.15) is 11.1 Å². The molecule has 3 heteroatoms. The van der Waals surface area contributed by atoms with Gasteiger partial charge in [0.2, 0.25) is 0 Å². The molecule has 0 saturated heterocycles. The third-order valence-electron chi connectivity index (χ3n) is 5.22. The first-order valence-electron chi connectivity index (χ1n) is 10.5. The molecule has 32 heavy (non-hydrogen) atoms. The highest BCUT2D eigenvalue weighted by atomic mass is 16.5. The summed E-state index contributed by atoms with van der Waals surface area (Å²) in [5, 5.41) is 0. The van der Waals surface area contributed by atoms with Crippen LogP contribution in [0.5, 0.6) is 5.75 Å². The number of rotatable bonds is 6. The highest BCUT2D eigenvalue weighted by Crippen LogP contribution is 2.36. The summed E-state index contributed by atoms with van der Waals surface area (Å²) in [7, 11) is 0. The van der Waals surface area contributed by atoms with E-state index in [0.29, 0.717) is 5.75 Å². The standard InChI is InChI=1S/C29H25NO2/c1-4-29(31)32-28-17-13-24(14-18-28)23-11-15-25(16-12-23)30(26-9-5-7-21(2)19-26)27-10-6-8-22(3)20-27/h4-20H,1H2,2-3H3. The number of carbonyl (C=O) groups excluding carboxylic acids is 1. The maximum Gasteiger partial charge on any atom is 0.335 e. The number of hydrogen-bond acceptors (Lipinski definition) is 3. The molecule has 0 spiro atoms. The monoisotopic (exact) mass is 419 g/mol. The summed E-state index contributed by atoms with van der Waals surface area (Å²) in [4.78, 5) is 13.6. The second-order valence-electron chi connectivity index (χ2n) is 7.71. The van der Waals surface area contributed by atoms with Gasteiger partial charge in [-0.05, 0) is 84.6 Å². The Morgan fingerprint density at radius 1 is 0.719 bits per heavy atom. The maximum absolute atomic E-state index is 11.4. The summed E-state index contributed by atoms with van der Waals surface area (Å²) in [6, 6.07) is 33.0. The van der Waals surface area contributed by atoms with Gasteiger partial charge < -0.3 is 9.64 Å². The molecule has 0 aromatic heterocycles. The zero-order chi connectivity index (χ0) is 22.5. The SMILES string of the molecule is C=CC(=O)Oc1ccc(-c2ccc(N(c3cccc(C)c3)c3cccc(C)c3)cc2)cc1. The van der Waals surface area contributed by atoms with Gasteiger partial charge in [0, 0.05) is 23.1 Å². The largest absolute Gasteiger partial charge is 0.423 e. The average Bonchev–Trinajstić information content (AvgIpc) is 2.80. The number of hydrogen-bond donors (Lipinski definition) is 0. The van der Waals surface area contributed by atoms with Crippen molar-refractivity contribution in [2.45, 2.75) is 13.8 Å². The van der Waals surface area contributed by atoms with Gasteiger partial charge in [0.05, 0.1) is 0 Å². The van der Waals surface area contributed by atoms with Crippen molar-refractivity contribution in [2.75, 3.05) is 4.90 Å². The Morgan fingerprint density at radius 2 is 1.22 bits per heavy atom. The van der Waals surface area contributed by atoms with Crippen LogP contribution in [0, 0.1) is 13.8 Å². The van der Waals surface area contributed by atoms with Crippen molar-refractivity contribution >= 4 is 23.0 Å². The van der Waals surface area contributed by atoms with Crippen molar-refractivity contribution in [3.05, 3.63) is 121 Å². The van der Waals surface area contributed by atoms with Crippen LogP contribution in [0.25, 0.3) is 11.1 Å². The average molecular weight is 420 g/mol. The molecular formula is C29H25NO2. The van der Waals surface area contributed by atoms with Crippen LogP contribution in [0.3, 0.4) is 0 Å². The molecule has 3 nitrogen and oxygen atoms in total. The van der Waals surface area contributed by atoms with Gasteiger partial charge in [-0.2, -0.15) is 0 Å². The predicted molar refractivity (Wildman–Crippen MR) is 132 cm³/mol. The van der Waals surface area contributed by atoms with Crippen molar-refractivity contribution < 1.29 is 9.53 Å². The van der Waals surface area contributed by atoms with Crippen molar-refractivity contribution in [1.29, 1.82) is 0 Å². The van der Waals surface area contributed by atoms with Crippen LogP contribution in [-0.4, -0.2) is 5.97 Å². The molecule has 0 radical (unpaired) electrons. The lowest BCUT2D eigenvalue weighted by molar-refractivity contribution is -0.128. The Morgan fingerprint density at radius 3 is 1.69 bits per heavy atom. The molecular weight excluding hydrogens is 394 g/mol. The Hall–Kier alpha value is -4.11. The molecule has 0 atom stereocenters. The molecule has 0 amide bonds. The molecule has 0 N–H and O–H groups in total. The second kappa shape index (κ2) is 9.36. The fraction of sp³-hybridized carbons (Fsp3) is 0.0690. The van der Waals surface area contributed by atoms with Crippen molar-refractivity contribution in [1.82, 2.24) is 0 Å². The van der Waals surface area contributed by atoms with E-state index in [2.05, 4.69) is 98.1 Å². The lowest BCUT2D eigenvalue weighted by Crippen LogP contribution is -2.10. The molecule has 4 rings (SSSR count). The number of ether oxygens (including phenoxy) is 1. The van der Waals surface area contributed by atoms with Crippen LogP contribution in [0.15, 0.2) is 110 Å². The van der Waals surface area contributed by atoms with Gasteiger partial charge in [-0.1, -0.05) is 55.1 Å². The molecule has 158 valence electrons. The quantitative estimate of drug-likeness (QED) is 0.184. The highest BCUT2D eigenvalue weighted by molar-refractivity contribution is 5.83. The molecule has 0 fully saturated rings. The van der Waals surface area contributed by atoms with E-state index in [4.69, 9.17) is 4.74 Å². The highest BCUT2D eigenvalue weighted by Gasteiger charge is 2.13. The summed E-state index contributed by atoms with van der Waals surface area (Å²) in [5.74, 6) is 0.0369. The van der Waals surface area contributed by atoms with Crippen LogP contribution in [-0.2, 0) is 4.79 Å². The molecule has 0 unspecified atom stereocenters. The van der Waals surface area contributed by atoms with E-state index in [1.807, 2.05) is 12.1 Å². The normalized spacial score (nSPS) is 10.4. The summed E-state index contributed by atoms with van der Waals surface area (Å²) >= 11 is 0. The van der Waals surface area contributed by atoms with E-state index in [-0.39, 0.29) is 0 Å². The zero-order valence-corrected chi connectivity index (χ0v) is 18.3. The first-order chi connectivity index (χ1) is 15.5. The molecule has 4 aromatic rings. The lowest BCUT2D eigenvalue weighted by Gasteiger charge is -2.26. The fourth-order valence-corrected chi connectivity index (χ4v) is 3.66. The molecule has 0 heterocycles. The van der Waals surface area contributed by atoms with Crippen LogP contribution in [0.4, 0.5) is 17.1 Å². The van der Waals surface area contributed by atoms with Gasteiger partial charge in [0.25, 0.3) is 0 Å². The van der Waals surface area contributed by atoms with Gasteiger partial charge in [0.15, 0.2) is 0 Å². The molecule has 0 bridgehead atoms. The summed E-state index contributed by atoms with van der Waals surface area (Å²) < 4.78 is 5.16. The smallest absolute Gasteiger partial charge is 0.335 e. The van der Waals surface area contributed by atoms with E-state index in [9.17, 15) is 4.79 Å². The van der Waals surface area contributed by atoms with E-state index in [0.717, 1.165) is 34.3 Å². The Bertz CT molecular complexity index is 1200. The Kier molecular flexibility index (Phi) is 6.18. The molecule has 0 saturated carbocycles. The number of aryl methyl sites for hydroxylation is 2. The van der Waals surface area contributed by atoms with Gasteiger partial charge in [-0.3, -0.25) is 0 Å². The van der Waals surface area contributed by atoms with E-state index >= 15 is 0 Å². The molecule has 0 aliphatic rings. The molecule has 4 aromatic carbocycles. The minimum absolute atomic E-state index is 0.463. The minimum atomic E-state index is -0.463. The predicted octanol–water partition coefficient (Wildman–Crippen LogP) is 7.53. The fourth-order valence-electron chi connectivity index (χ4n) is 3.66. The van der Waals surface area contributed by atoms with Crippen molar-refractivity contribution in [3.8, 4) is 16.9 Å². The molecule has 0 aliphatic heterocycles. The van der Waals surface area contributed by atoms with E-state index in [1.54, 1.807) is 12.1 Å².